The number of halogens is 1. The number of aromatic nitrogens is 2. The van der Waals surface area contributed by atoms with Crippen molar-refractivity contribution >= 4 is 27.0 Å². The Bertz CT molecular complexity index is 1090. The van der Waals surface area contributed by atoms with Crippen molar-refractivity contribution in [1.82, 2.24) is 9.55 Å². The maximum Gasteiger partial charge on any atom is 0.161 e. The second-order valence-corrected chi connectivity index (χ2v) is 7.23. The summed E-state index contributed by atoms with van der Waals surface area (Å²) in [4.78, 5) is 4.86. The Kier molecular flexibility index (Phi) is 5.63. The van der Waals surface area contributed by atoms with E-state index in [4.69, 9.17) is 14.5 Å². The highest BCUT2D eigenvalue weighted by molar-refractivity contribution is 9.10. The Labute approximate surface area is 172 Å². The normalized spacial score (nSPS) is 10.9. The first kappa shape index (κ1) is 18.6. The van der Waals surface area contributed by atoms with E-state index >= 15 is 0 Å². The van der Waals surface area contributed by atoms with Crippen molar-refractivity contribution in [3.8, 4) is 22.9 Å². The Morgan fingerprint density at radius 1 is 0.893 bits per heavy atom. The second-order valence-electron chi connectivity index (χ2n) is 6.31. The number of imidazole rings is 1. The molecule has 0 unspecified atom stereocenters. The molecule has 3 aromatic carbocycles. The minimum absolute atomic E-state index is 0.519. The quantitative estimate of drug-likeness (QED) is 0.359. The van der Waals surface area contributed by atoms with Crippen LogP contribution in [0, 0.1) is 0 Å². The molecule has 0 fully saturated rings. The Morgan fingerprint density at radius 3 is 2.43 bits per heavy atom. The number of hydrogen-bond acceptors (Lipinski definition) is 3. The molecule has 0 saturated heterocycles. The van der Waals surface area contributed by atoms with Gasteiger partial charge in [-0.25, -0.2) is 4.98 Å². The van der Waals surface area contributed by atoms with Gasteiger partial charge in [0.1, 0.15) is 12.4 Å². The van der Waals surface area contributed by atoms with Gasteiger partial charge in [-0.05, 0) is 43.3 Å². The number of benzene rings is 3. The molecule has 1 heterocycles. The molecule has 5 heteroatoms. The van der Waals surface area contributed by atoms with Crippen LogP contribution in [0.15, 0.2) is 77.3 Å². The van der Waals surface area contributed by atoms with Crippen molar-refractivity contribution in [1.29, 1.82) is 0 Å². The molecule has 0 atom stereocenters. The monoisotopic (exact) mass is 436 g/mol. The van der Waals surface area contributed by atoms with E-state index in [1.54, 1.807) is 0 Å². The number of rotatable bonds is 7. The van der Waals surface area contributed by atoms with E-state index in [1.165, 1.54) is 0 Å². The van der Waals surface area contributed by atoms with Crippen LogP contribution in [0.25, 0.3) is 22.4 Å². The van der Waals surface area contributed by atoms with Gasteiger partial charge in [0.25, 0.3) is 0 Å². The third-order valence-corrected chi connectivity index (χ3v) is 4.95. The molecular weight excluding hydrogens is 416 g/mol. The number of nitrogens with zero attached hydrogens (tertiary/aromatic N) is 2. The topological polar surface area (TPSA) is 36.3 Å². The maximum atomic E-state index is 6.04. The van der Waals surface area contributed by atoms with Gasteiger partial charge in [0.05, 0.1) is 24.2 Å². The van der Waals surface area contributed by atoms with Crippen molar-refractivity contribution in [2.24, 2.45) is 0 Å². The fraction of sp³-hybridized carbons (Fsp3) is 0.174. The largest absolute Gasteiger partial charge is 0.490 e. The van der Waals surface area contributed by atoms with Crippen molar-refractivity contribution in [2.75, 3.05) is 13.2 Å². The van der Waals surface area contributed by atoms with Crippen molar-refractivity contribution in [2.45, 2.75) is 13.5 Å². The number of hydrogen-bond donors (Lipinski definition) is 0. The Morgan fingerprint density at radius 2 is 1.64 bits per heavy atom. The molecule has 0 spiro atoms. The first-order valence-corrected chi connectivity index (χ1v) is 10.1. The van der Waals surface area contributed by atoms with Gasteiger partial charge >= 0.3 is 0 Å². The van der Waals surface area contributed by atoms with Crippen LogP contribution in [-0.2, 0) is 6.54 Å². The predicted octanol–water partition coefficient (Wildman–Crippen LogP) is 5.94. The Hall–Kier alpha value is -2.79. The first-order valence-electron chi connectivity index (χ1n) is 9.32. The van der Waals surface area contributed by atoms with E-state index in [9.17, 15) is 0 Å². The number of ether oxygens (including phenoxy) is 2. The molecule has 1 aromatic heterocycles. The summed E-state index contributed by atoms with van der Waals surface area (Å²) in [6.45, 7) is 3.78. The molecule has 0 aliphatic carbocycles. The van der Waals surface area contributed by atoms with Gasteiger partial charge in [-0.15, -0.1) is 0 Å². The molecule has 4 nitrogen and oxygen atoms in total. The molecule has 0 aliphatic heterocycles. The second kappa shape index (κ2) is 8.48. The highest BCUT2D eigenvalue weighted by atomic mass is 79.9. The van der Waals surface area contributed by atoms with E-state index in [-0.39, 0.29) is 0 Å². The molecule has 4 rings (SSSR count). The lowest BCUT2D eigenvalue weighted by molar-refractivity contribution is 0.268. The summed E-state index contributed by atoms with van der Waals surface area (Å²) in [5.74, 6) is 2.47. The Balaban J connectivity index is 1.62. The lowest BCUT2D eigenvalue weighted by atomic mass is 10.2. The van der Waals surface area contributed by atoms with Gasteiger partial charge in [-0.3, -0.25) is 0 Å². The third kappa shape index (κ3) is 3.90. The van der Waals surface area contributed by atoms with E-state index in [2.05, 4.69) is 38.7 Å². The highest BCUT2D eigenvalue weighted by Crippen LogP contribution is 2.28. The first-order chi connectivity index (χ1) is 13.8. The van der Waals surface area contributed by atoms with E-state index in [0.717, 1.165) is 38.4 Å². The summed E-state index contributed by atoms with van der Waals surface area (Å²) in [7, 11) is 0. The third-order valence-electron chi connectivity index (χ3n) is 4.46. The molecule has 4 aromatic rings. The lowest BCUT2D eigenvalue weighted by Crippen LogP contribution is -2.10. The van der Waals surface area contributed by atoms with Gasteiger partial charge < -0.3 is 14.0 Å². The summed E-state index contributed by atoms with van der Waals surface area (Å²) in [6.07, 6.45) is 0. The summed E-state index contributed by atoms with van der Waals surface area (Å²) < 4.78 is 14.9. The molecule has 142 valence electrons. The average Bonchev–Trinajstić information content (AvgIpc) is 3.08. The van der Waals surface area contributed by atoms with Crippen molar-refractivity contribution in [3.63, 3.8) is 0 Å². The van der Waals surface area contributed by atoms with Crippen LogP contribution in [0.5, 0.6) is 11.5 Å². The minimum atomic E-state index is 0.519. The highest BCUT2D eigenvalue weighted by Gasteiger charge is 2.13. The summed E-state index contributed by atoms with van der Waals surface area (Å²) in [5.41, 5.74) is 3.15. The molecule has 28 heavy (non-hydrogen) atoms. The van der Waals surface area contributed by atoms with E-state index < -0.39 is 0 Å². The fourth-order valence-corrected chi connectivity index (χ4v) is 3.64. The molecule has 0 radical (unpaired) electrons. The molecule has 0 saturated carbocycles. The predicted molar refractivity (Wildman–Crippen MR) is 116 cm³/mol. The number of fused-ring (bicyclic) bond motifs is 1. The van der Waals surface area contributed by atoms with Gasteiger partial charge in [-0.1, -0.05) is 52.3 Å². The van der Waals surface area contributed by atoms with Crippen LogP contribution in [0.1, 0.15) is 6.92 Å². The van der Waals surface area contributed by atoms with Gasteiger partial charge in [-0.2, -0.15) is 0 Å². The molecule has 0 aliphatic rings. The van der Waals surface area contributed by atoms with Crippen LogP contribution in [-0.4, -0.2) is 22.8 Å². The van der Waals surface area contributed by atoms with Crippen LogP contribution < -0.4 is 9.47 Å². The lowest BCUT2D eigenvalue weighted by Gasteiger charge is -2.13. The van der Waals surface area contributed by atoms with Crippen LogP contribution in [0.3, 0.4) is 0 Å². The molecule has 0 N–H and O–H groups in total. The minimum Gasteiger partial charge on any atom is -0.490 e. The molecule has 0 amide bonds. The van der Waals surface area contributed by atoms with Gasteiger partial charge in [0.15, 0.2) is 11.5 Å². The van der Waals surface area contributed by atoms with Crippen LogP contribution in [0.4, 0.5) is 0 Å². The number of para-hydroxylation sites is 4. The summed E-state index contributed by atoms with van der Waals surface area (Å²) >= 11 is 3.56. The maximum absolute atomic E-state index is 6.04. The van der Waals surface area contributed by atoms with Gasteiger partial charge in [0, 0.05) is 10.0 Å². The van der Waals surface area contributed by atoms with Crippen molar-refractivity contribution in [3.05, 3.63) is 77.3 Å². The van der Waals surface area contributed by atoms with Crippen LogP contribution in [0.2, 0.25) is 0 Å². The van der Waals surface area contributed by atoms with Crippen molar-refractivity contribution < 1.29 is 9.47 Å². The standard InChI is InChI=1S/C23H21BrN2O2/c1-2-27-21-12-5-6-13-22(21)28-15-14-26-20-11-4-3-10-19(20)25-23(26)17-8-7-9-18(24)16-17/h3-13,16H,2,14-15H2,1H3. The van der Waals surface area contributed by atoms with E-state index in [0.29, 0.717) is 19.8 Å². The smallest absolute Gasteiger partial charge is 0.161 e. The van der Waals surface area contributed by atoms with Gasteiger partial charge in [0.2, 0.25) is 0 Å². The molecular formula is C23H21BrN2O2. The average molecular weight is 437 g/mol. The summed E-state index contributed by atoms with van der Waals surface area (Å²) in [6, 6.07) is 24.2. The van der Waals surface area contributed by atoms with Crippen LogP contribution >= 0.6 is 15.9 Å². The van der Waals surface area contributed by atoms with E-state index in [1.807, 2.05) is 61.5 Å². The SMILES string of the molecule is CCOc1ccccc1OCCn1c(-c2cccc(Br)c2)nc2ccccc21. The zero-order chi connectivity index (χ0) is 19.3. The molecule has 0 bridgehead atoms. The zero-order valence-electron chi connectivity index (χ0n) is 15.6. The summed E-state index contributed by atoms with van der Waals surface area (Å²) in [5, 5.41) is 0. The fourth-order valence-electron chi connectivity index (χ4n) is 3.24. The zero-order valence-corrected chi connectivity index (χ0v) is 17.2.